The summed E-state index contributed by atoms with van der Waals surface area (Å²) in [5, 5.41) is 13.9. The van der Waals surface area contributed by atoms with Gasteiger partial charge < -0.3 is 4.90 Å². The topological polar surface area (TPSA) is 63.9 Å². The Bertz CT molecular complexity index is 1010. The van der Waals surface area contributed by atoms with Gasteiger partial charge in [-0.05, 0) is 48.6 Å². The van der Waals surface area contributed by atoms with Gasteiger partial charge in [0.15, 0.2) is 0 Å². The molecular formula is C23H29N5O. The van der Waals surface area contributed by atoms with Crippen LogP contribution in [0.4, 0.5) is 0 Å². The second kappa shape index (κ2) is 8.41. The Hall–Kier alpha value is -2.60. The average Bonchev–Trinajstić information content (AvgIpc) is 3.29. The third-order valence-corrected chi connectivity index (χ3v) is 5.56. The molecule has 6 nitrogen and oxygen atoms in total. The number of rotatable bonds is 7. The lowest BCUT2D eigenvalue weighted by Gasteiger charge is -2.18. The summed E-state index contributed by atoms with van der Waals surface area (Å²) in [7, 11) is 1.91. The van der Waals surface area contributed by atoms with Crippen molar-refractivity contribution in [3.05, 3.63) is 42.4 Å². The molecule has 29 heavy (non-hydrogen) atoms. The molecule has 1 fully saturated rings. The Balaban J connectivity index is 1.42. The van der Waals surface area contributed by atoms with Gasteiger partial charge in [-0.3, -0.25) is 9.48 Å². The molecule has 1 aliphatic heterocycles. The Morgan fingerprint density at radius 2 is 2.07 bits per heavy atom. The molecule has 1 aliphatic rings. The number of carbonyl (C=O) groups excluding carboxylic acids is 1. The van der Waals surface area contributed by atoms with Gasteiger partial charge >= 0.3 is 0 Å². The molecule has 4 rings (SSSR count). The van der Waals surface area contributed by atoms with E-state index in [0.29, 0.717) is 24.7 Å². The summed E-state index contributed by atoms with van der Waals surface area (Å²) in [5.41, 5.74) is 3.75. The van der Waals surface area contributed by atoms with E-state index in [1.165, 1.54) is 0 Å². The summed E-state index contributed by atoms with van der Waals surface area (Å²) >= 11 is 0. The molecule has 3 aromatic rings. The van der Waals surface area contributed by atoms with Crippen molar-refractivity contribution in [1.29, 1.82) is 0 Å². The van der Waals surface area contributed by atoms with Crippen molar-refractivity contribution in [2.75, 3.05) is 19.6 Å². The zero-order valence-electron chi connectivity index (χ0n) is 17.5. The number of fused-ring (bicyclic) bond motifs is 1. The van der Waals surface area contributed by atoms with E-state index in [9.17, 15) is 4.79 Å². The molecule has 0 saturated carbocycles. The first-order valence-corrected chi connectivity index (χ1v) is 10.5. The van der Waals surface area contributed by atoms with E-state index in [1.54, 1.807) is 4.68 Å². The van der Waals surface area contributed by atoms with Gasteiger partial charge in [-0.2, -0.15) is 15.3 Å². The normalized spacial score (nSPS) is 17.4. The van der Waals surface area contributed by atoms with Crippen LogP contribution in [0.25, 0.3) is 22.0 Å². The molecule has 0 spiro atoms. The Kier molecular flexibility index (Phi) is 5.72. The van der Waals surface area contributed by atoms with Crippen molar-refractivity contribution in [2.45, 2.75) is 33.1 Å². The quantitative estimate of drug-likeness (QED) is 0.617. The smallest absolute Gasteiger partial charge is 0.139 e. The van der Waals surface area contributed by atoms with E-state index < -0.39 is 0 Å². The molecular weight excluding hydrogens is 362 g/mol. The minimum Gasteiger partial charge on any atom is -0.303 e. The number of hydrogen-bond acceptors (Lipinski definition) is 5. The van der Waals surface area contributed by atoms with Crippen LogP contribution in [0.2, 0.25) is 0 Å². The fourth-order valence-electron chi connectivity index (χ4n) is 4.28. The van der Waals surface area contributed by atoms with E-state index >= 15 is 0 Å². The number of carbonyl (C=O) groups is 1. The summed E-state index contributed by atoms with van der Waals surface area (Å²) in [4.78, 5) is 15.1. The fraction of sp³-hybridized carbons (Fsp3) is 0.478. The van der Waals surface area contributed by atoms with Gasteiger partial charge in [-0.15, -0.1) is 0 Å². The van der Waals surface area contributed by atoms with Gasteiger partial charge in [0.1, 0.15) is 5.78 Å². The number of Topliss-reactive ketones (excluding diaryl/α,β-unsaturated/α-hetero) is 1. The fourth-order valence-corrected chi connectivity index (χ4v) is 4.28. The molecule has 1 unspecified atom stereocenters. The second-order valence-corrected chi connectivity index (χ2v) is 8.74. The average molecular weight is 392 g/mol. The zero-order chi connectivity index (χ0) is 20.4. The van der Waals surface area contributed by atoms with Crippen LogP contribution in [0.1, 0.15) is 32.4 Å². The van der Waals surface area contributed by atoms with E-state index in [-0.39, 0.29) is 5.78 Å². The number of ketones is 1. The highest BCUT2D eigenvalue weighted by atomic mass is 16.1. The van der Waals surface area contributed by atoms with Crippen molar-refractivity contribution in [1.82, 2.24) is 24.9 Å². The van der Waals surface area contributed by atoms with Gasteiger partial charge in [-0.1, -0.05) is 19.9 Å². The molecule has 0 aliphatic carbocycles. The summed E-state index contributed by atoms with van der Waals surface area (Å²) in [6, 6.07) is 8.09. The molecule has 2 aromatic heterocycles. The van der Waals surface area contributed by atoms with Gasteiger partial charge in [-0.25, -0.2) is 0 Å². The molecule has 1 saturated heterocycles. The number of benzene rings is 1. The van der Waals surface area contributed by atoms with Crippen molar-refractivity contribution >= 4 is 16.7 Å². The standard InChI is InChI=1S/C23H29N5O/c1-16(2)13-28-7-6-17(14-28)8-22(29)11-21-10-19-9-18(4-5-23(19)26-25-21)20-12-24-27(3)15-20/h4-5,9-10,12,15-17H,6-8,11,13-14H2,1-3H3. The SMILES string of the molecule is CC(C)CN1CCC(CC(=O)Cc2cc3cc(-c4cnn(C)c4)ccc3nn2)C1. The van der Waals surface area contributed by atoms with Gasteiger partial charge in [0, 0.05) is 43.7 Å². The van der Waals surface area contributed by atoms with Crippen LogP contribution >= 0.6 is 0 Å². The Morgan fingerprint density at radius 3 is 2.83 bits per heavy atom. The van der Waals surface area contributed by atoms with Crippen LogP contribution in [0, 0.1) is 11.8 Å². The maximum absolute atomic E-state index is 12.6. The highest BCUT2D eigenvalue weighted by molar-refractivity contribution is 5.86. The maximum Gasteiger partial charge on any atom is 0.139 e. The number of aryl methyl sites for hydroxylation is 1. The van der Waals surface area contributed by atoms with Crippen LogP contribution in [-0.4, -0.2) is 50.3 Å². The third kappa shape index (κ3) is 4.88. The van der Waals surface area contributed by atoms with E-state index in [4.69, 9.17) is 0 Å². The van der Waals surface area contributed by atoms with E-state index in [1.807, 2.05) is 37.6 Å². The van der Waals surface area contributed by atoms with Crippen molar-refractivity contribution in [3.8, 4) is 11.1 Å². The summed E-state index contributed by atoms with van der Waals surface area (Å²) in [6.45, 7) is 7.78. The molecule has 0 radical (unpaired) electrons. The third-order valence-electron chi connectivity index (χ3n) is 5.56. The molecule has 6 heteroatoms. The molecule has 1 atom stereocenters. The number of aromatic nitrogens is 4. The highest BCUT2D eigenvalue weighted by Crippen LogP contribution is 2.24. The predicted octanol–water partition coefficient (Wildman–Crippen LogP) is 3.51. The predicted molar refractivity (Wildman–Crippen MR) is 114 cm³/mol. The number of hydrogen-bond donors (Lipinski definition) is 0. The van der Waals surface area contributed by atoms with Crippen LogP contribution in [0.3, 0.4) is 0 Å². The second-order valence-electron chi connectivity index (χ2n) is 8.74. The van der Waals surface area contributed by atoms with Crippen LogP contribution in [-0.2, 0) is 18.3 Å². The van der Waals surface area contributed by atoms with E-state index in [2.05, 4.69) is 40.1 Å². The molecule has 0 amide bonds. The van der Waals surface area contributed by atoms with Crippen LogP contribution in [0.5, 0.6) is 0 Å². The van der Waals surface area contributed by atoms with Crippen molar-refractivity contribution in [3.63, 3.8) is 0 Å². The lowest BCUT2D eigenvalue weighted by Crippen LogP contribution is -2.25. The van der Waals surface area contributed by atoms with Crippen LogP contribution < -0.4 is 0 Å². The lowest BCUT2D eigenvalue weighted by atomic mass is 9.99. The highest BCUT2D eigenvalue weighted by Gasteiger charge is 2.25. The largest absolute Gasteiger partial charge is 0.303 e. The number of likely N-dealkylation sites (tertiary alicyclic amines) is 1. The van der Waals surface area contributed by atoms with Crippen LogP contribution in [0.15, 0.2) is 36.7 Å². The lowest BCUT2D eigenvalue weighted by molar-refractivity contribution is -0.119. The Labute approximate surface area is 171 Å². The first-order valence-electron chi connectivity index (χ1n) is 10.5. The van der Waals surface area contributed by atoms with Gasteiger partial charge in [0.25, 0.3) is 0 Å². The summed E-state index contributed by atoms with van der Waals surface area (Å²) in [5.74, 6) is 1.42. The first kappa shape index (κ1) is 19.7. The maximum atomic E-state index is 12.6. The van der Waals surface area contributed by atoms with E-state index in [0.717, 1.165) is 53.8 Å². The Morgan fingerprint density at radius 1 is 1.21 bits per heavy atom. The minimum atomic E-state index is 0.262. The summed E-state index contributed by atoms with van der Waals surface area (Å²) < 4.78 is 1.79. The molecule has 1 aromatic carbocycles. The first-order chi connectivity index (χ1) is 14.0. The summed E-state index contributed by atoms with van der Waals surface area (Å²) in [6.07, 6.45) is 5.97. The van der Waals surface area contributed by atoms with Gasteiger partial charge in [0.05, 0.1) is 23.8 Å². The van der Waals surface area contributed by atoms with Gasteiger partial charge in [0.2, 0.25) is 0 Å². The molecule has 3 heterocycles. The van der Waals surface area contributed by atoms with Crippen molar-refractivity contribution < 1.29 is 4.79 Å². The molecule has 0 bridgehead atoms. The minimum absolute atomic E-state index is 0.262. The number of nitrogens with zero attached hydrogens (tertiary/aromatic N) is 5. The van der Waals surface area contributed by atoms with Crippen molar-refractivity contribution in [2.24, 2.45) is 18.9 Å². The zero-order valence-corrected chi connectivity index (χ0v) is 17.5. The monoisotopic (exact) mass is 391 g/mol. The molecule has 0 N–H and O–H groups in total. The molecule has 152 valence electrons.